The van der Waals surface area contributed by atoms with Crippen molar-refractivity contribution in [3.05, 3.63) is 35.9 Å². The van der Waals surface area contributed by atoms with Gasteiger partial charge >= 0.3 is 0 Å². The van der Waals surface area contributed by atoms with Gasteiger partial charge < -0.3 is 14.5 Å². The summed E-state index contributed by atoms with van der Waals surface area (Å²) in [5, 5.41) is 0. The predicted octanol–water partition coefficient (Wildman–Crippen LogP) is 2.30. The molecule has 2 fully saturated rings. The first kappa shape index (κ1) is 20.0. The first-order chi connectivity index (χ1) is 14.2. The fraction of sp³-hybridized carbons (Fsp3) is 0.636. The Morgan fingerprint density at radius 3 is 2.21 bits per heavy atom. The number of nitrogens with zero attached hydrogens (tertiary/aromatic N) is 4. The number of likely N-dealkylation sites (tertiary alicyclic amines) is 2. The maximum Gasteiger partial charge on any atom is 0.291 e. The van der Waals surface area contributed by atoms with E-state index in [-0.39, 0.29) is 11.8 Å². The minimum Gasteiger partial charge on any atom is -0.377 e. The third-order valence-electron chi connectivity index (χ3n) is 6.55. The molecule has 3 aliphatic heterocycles. The summed E-state index contributed by atoms with van der Waals surface area (Å²) in [5.41, 5.74) is 0.918. The van der Waals surface area contributed by atoms with Crippen molar-refractivity contribution < 1.29 is 14.3 Å². The quantitative estimate of drug-likeness (QED) is 0.781. The number of carbonyl (C=O) groups is 2. The third-order valence-corrected chi connectivity index (χ3v) is 6.55. The highest BCUT2D eigenvalue weighted by Crippen LogP contribution is 2.33. The lowest BCUT2D eigenvalue weighted by atomic mass is 9.80. The number of amides is 2. The van der Waals surface area contributed by atoms with E-state index in [9.17, 15) is 9.59 Å². The molecule has 2 amide bonds. The molecule has 0 aliphatic carbocycles. The van der Waals surface area contributed by atoms with Crippen LogP contribution >= 0.6 is 0 Å². The van der Waals surface area contributed by atoms with E-state index in [1.165, 1.54) is 0 Å². The van der Waals surface area contributed by atoms with Crippen LogP contribution in [-0.4, -0.2) is 71.0 Å². The Hall–Kier alpha value is -2.28. The summed E-state index contributed by atoms with van der Waals surface area (Å²) in [6, 6.07) is 1.73. The summed E-state index contributed by atoms with van der Waals surface area (Å²) in [5.74, 6) is 1.71. The molecule has 0 spiro atoms. The van der Waals surface area contributed by atoms with Gasteiger partial charge in [-0.25, -0.2) is 9.97 Å². The van der Waals surface area contributed by atoms with E-state index in [4.69, 9.17) is 4.74 Å². The molecule has 2 saturated heterocycles. The zero-order chi connectivity index (χ0) is 20.1. The highest BCUT2D eigenvalue weighted by Gasteiger charge is 2.32. The Bertz CT molecular complexity index is 744. The van der Waals surface area contributed by atoms with Gasteiger partial charge in [0.2, 0.25) is 11.7 Å². The fourth-order valence-electron chi connectivity index (χ4n) is 4.85. The van der Waals surface area contributed by atoms with Crippen molar-refractivity contribution in [1.82, 2.24) is 19.8 Å². The summed E-state index contributed by atoms with van der Waals surface area (Å²) in [4.78, 5) is 37.5. The Kier molecular flexibility index (Phi) is 6.54. The minimum atomic E-state index is -0.0589. The molecular weight excluding hydrogens is 368 g/mol. The lowest BCUT2D eigenvalue weighted by Gasteiger charge is -2.36. The van der Waals surface area contributed by atoms with Crippen LogP contribution in [0.2, 0.25) is 0 Å². The van der Waals surface area contributed by atoms with Crippen molar-refractivity contribution in [3.8, 4) is 0 Å². The average molecular weight is 399 g/mol. The van der Waals surface area contributed by atoms with Gasteiger partial charge in [0.05, 0.1) is 13.2 Å². The zero-order valence-corrected chi connectivity index (χ0v) is 17.0. The molecule has 1 aromatic heterocycles. The molecule has 0 aromatic carbocycles. The summed E-state index contributed by atoms with van der Waals surface area (Å²) < 4.78 is 5.32. The van der Waals surface area contributed by atoms with Crippen molar-refractivity contribution >= 4 is 11.8 Å². The Balaban J connectivity index is 1.28. The number of carbonyl (C=O) groups excluding carboxylic acids is 2. The predicted molar refractivity (Wildman–Crippen MR) is 108 cm³/mol. The molecular formula is C22H30N4O3. The second-order valence-electron chi connectivity index (χ2n) is 8.24. The molecule has 7 heteroatoms. The van der Waals surface area contributed by atoms with Crippen LogP contribution in [0.4, 0.5) is 0 Å². The molecule has 156 valence electrons. The number of hydrogen-bond acceptors (Lipinski definition) is 5. The summed E-state index contributed by atoms with van der Waals surface area (Å²) >= 11 is 0. The topological polar surface area (TPSA) is 75.6 Å². The molecule has 1 aromatic rings. The van der Waals surface area contributed by atoms with E-state index in [2.05, 4.69) is 9.97 Å². The average Bonchev–Trinajstić information content (AvgIpc) is 3.06. The molecule has 29 heavy (non-hydrogen) atoms. The van der Waals surface area contributed by atoms with Crippen LogP contribution in [0.1, 0.15) is 49.1 Å². The van der Waals surface area contributed by atoms with Crippen LogP contribution in [-0.2, 0) is 9.53 Å². The molecule has 4 heterocycles. The van der Waals surface area contributed by atoms with Gasteiger partial charge in [-0.1, -0.05) is 6.08 Å². The van der Waals surface area contributed by atoms with E-state index < -0.39 is 0 Å². The highest BCUT2D eigenvalue weighted by molar-refractivity contribution is 5.93. The van der Waals surface area contributed by atoms with Gasteiger partial charge in [-0.3, -0.25) is 9.59 Å². The molecule has 0 radical (unpaired) electrons. The summed E-state index contributed by atoms with van der Waals surface area (Å²) in [6.45, 7) is 4.45. The van der Waals surface area contributed by atoms with Crippen molar-refractivity contribution in [2.75, 3.05) is 39.4 Å². The Labute approximate surface area is 172 Å². The second kappa shape index (κ2) is 9.48. The van der Waals surface area contributed by atoms with Crippen molar-refractivity contribution in [3.63, 3.8) is 0 Å². The third kappa shape index (κ3) is 4.83. The molecule has 3 aliphatic rings. The van der Waals surface area contributed by atoms with Crippen LogP contribution in [0.5, 0.6) is 0 Å². The van der Waals surface area contributed by atoms with E-state index in [1.807, 2.05) is 15.9 Å². The van der Waals surface area contributed by atoms with Gasteiger partial charge in [-0.2, -0.15) is 0 Å². The van der Waals surface area contributed by atoms with Crippen molar-refractivity contribution in [1.29, 1.82) is 0 Å². The van der Waals surface area contributed by atoms with Crippen LogP contribution in [0, 0.1) is 11.8 Å². The van der Waals surface area contributed by atoms with Crippen molar-refractivity contribution in [2.45, 2.75) is 38.5 Å². The van der Waals surface area contributed by atoms with Gasteiger partial charge in [0, 0.05) is 50.6 Å². The van der Waals surface area contributed by atoms with Gasteiger partial charge in [0.1, 0.15) is 0 Å². The number of ether oxygens (including phenoxy) is 1. The van der Waals surface area contributed by atoms with E-state index in [0.29, 0.717) is 30.9 Å². The first-order valence-electron chi connectivity index (χ1n) is 10.8. The molecule has 0 N–H and O–H groups in total. The number of aromatic nitrogens is 2. The van der Waals surface area contributed by atoms with Crippen LogP contribution in [0.25, 0.3) is 0 Å². The maximum absolute atomic E-state index is 12.7. The van der Waals surface area contributed by atoms with Crippen molar-refractivity contribution in [2.24, 2.45) is 11.8 Å². The molecule has 1 atom stereocenters. The number of hydrogen-bond donors (Lipinski definition) is 0. The summed E-state index contributed by atoms with van der Waals surface area (Å²) in [6.07, 6.45) is 11.2. The minimum absolute atomic E-state index is 0.0589. The second-order valence-corrected chi connectivity index (χ2v) is 8.24. The van der Waals surface area contributed by atoms with Gasteiger partial charge in [-0.05, 0) is 50.0 Å². The van der Waals surface area contributed by atoms with Crippen LogP contribution < -0.4 is 0 Å². The number of rotatable bonds is 3. The van der Waals surface area contributed by atoms with Gasteiger partial charge in [-0.15, -0.1) is 0 Å². The maximum atomic E-state index is 12.7. The van der Waals surface area contributed by atoms with Crippen LogP contribution in [0.3, 0.4) is 0 Å². The van der Waals surface area contributed by atoms with E-state index >= 15 is 0 Å². The van der Waals surface area contributed by atoms with E-state index in [0.717, 1.165) is 70.3 Å². The highest BCUT2D eigenvalue weighted by atomic mass is 16.5. The molecule has 4 rings (SSSR count). The standard InChI is InChI=1S/C22H30N4O3/c27-21(19-7-15-29-16-8-19)26-13-5-18(6-14-26)17-3-1-11-25(12-4-17)22(28)20-23-9-2-10-24-20/h2,7,9-10,17-18H,1,3-6,8,11-16H2. The Morgan fingerprint density at radius 1 is 0.897 bits per heavy atom. The monoisotopic (exact) mass is 398 g/mol. The largest absolute Gasteiger partial charge is 0.377 e. The SMILES string of the molecule is O=C(C1=CCOCC1)N1CCC(C2CCCN(C(=O)c3ncccn3)CC2)CC1. The molecule has 7 nitrogen and oxygen atoms in total. The lowest BCUT2D eigenvalue weighted by Crippen LogP contribution is -2.41. The molecule has 0 saturated carbocycles. The zero-order valence-electron chi connectivity index (χ0n) is 17.0. The lowest BCUT2D eigenvalue weighted by molar-refractivity contribution is -0.129. The first-order valence-corrected chi connectivity index (χ1v) is 10.8. The molecule has 1 unspecified atom stereocenters. The van der Waals surface area contributed by atoms with E-state index in [1.54, 1.807) is 18.5 Å². The smallest absolute Gasteiger partial charge is 0.291 e. The van der Waals surface area contributed by atoms with Gasteiger partial charge in [0.15, 0.2) is 0 Å². The van der Waals surface area contributed by atoms with Gasteiger partial charge in [0.25, 0.3) is 5.91 Å². The Morgan fingerprint density at radius 2 is 1.55 bits per heavy atom. The summed E-state index contributed by atoms with van der Waals surface area (Å²) in [7, 11) is 0. The molecule has 0 bridgehead atoms. The number of piperidine rings is 1. The fourth-order valence-corrected chi connectivity index (χ4v) is 4.85. The normalized spacial score (nSPS) is 24.0. The van der Waals surface area contributed by atoms with Crippen LogP contribution in [0.15, 0.2) is 30.1 Å².